The number of aliphatic hydroxyl groups excluding tert-OH is 1. The van der Waals surface area contributed by atoms with Crippen LogP contribution in [0.25, 0.3) is 10.9 Å². The number of hydrogen-bond donors (Lipinski definition) is 4. The number of fused-ring (bicyclic) bond motifs is 1. The van der Waals surface area contributed by atoms with Gasteiger partial charge in [-0.1, -0.05) is 32.0 Å². The molecule has 0 bridgehead atoms. The summed E-state index contributed by atoms with van der Waals surface area (Å²) in [5, 5.41) is 19.4. The lowest BCUT2D eigenvalue weighted by Gasteiger charge is -2.26. The highest BCUT2D eigenvalue weighted by Crippen LogP contribution is 2.20. The summed E-state index contributed by atoms with van der Waals surface area (Å²) in [5.41, 5.74) is 0.803. The van der Waals surface area contributed by atoms with Gasteiger partial charge in [0.2, 0.25) is 0 Å². The molecule has 0 radical (unpaired) electrons. The van der Waals surface area contributed by atoms with Crippen LogP contribution in [0.15, 0.2) is 36.4 Å². The van der Waals surface area contributed by atoms with Crippen molar-refractivity contribution in [2.45, 2.75) is 33.3 Å². The molecular weight excluding hydrogens is 316 g/mol. The molecule has 1 atom stereocenters. The molecule has 1 aromatic carbocycles. The van der Waals surface area contributed by atoms with Crippen LogP contribution in [0.1, 0.15) is 27.2 Å². The predicted octanol–water partition coefficient (Wildman–Crippen LogP) is 2.74. The molecule has 2 amide bonds. The van der Waals surface area contributed by atoms with E-state index in [0.29, 0.717) is 26.1 Å². The molecule has 1 heterocycles. The number of para-hydroxylation sites is 1. The van der Waals surface area contributed by atoms with E-state index in [1.165, 1.54) is 0 Å². The molecule has 1 unspecified atom stereocenters. The van der Waals surface area contributed by atoms with Gasteiger partial charge in [0.25, 0.3) is 0 Å². The number of nitrogens with one attached hydrogen (secondary N) is 3. The molecule has 6 nitrogen and oxygen atoms in total. The zero-order valence-electron chi connectivity index (χ0n) is 15.2. The maximum Gasteiger partial charge on any atom is 0.314 e. The van der Waals surface area contributed by atoms with Crippen molar-refractivity contribution in [2.24, 2.45) is 5.41 Å². The van der Waals surface area contributed by atoms with Crippen LogP contribution in [0.5, 0.6) is 0 Å². The van der Waals surface area contributed by atoms with Crippen molar-refractivity contribution in [1.82, 2.24) is 15.6 Å². The first-order valence-electron chi connectivity index (χ1n) is 8.65. The van der Waals surface area contributed by atoms with E-state index in [2.05, 4.69) is 20.9 Å². The van der Waals surface area contributed by atoms with Crippen LogP contribution in [0.4, 0.5) is 10.6 Å². The zero-order chi connectivity index (χ0) is 18.3. The molecule has 0 saturated heterocycles. The smallest absolute Gasteiger partial charge is 0.314 e. The normalized spacial score (nSPS) is 12.6. The van der Waals surface area contributed by atoms with E-state index in [0.717, 1.165) is 16.7 Å². The number of benzene rings is 1. The van der Waals surface area contributed by atoms with E-state index in [1.54, 1.807) is 6.92 Å². The Morgan fingerprint density at radius 2 is 1.92 bits per heavy atom. The van der Waals surface area contributed by atoms with Gasteiger partial charge >= 0.3 is 6.03 Å². The standard InChI is InChI=1S/C19H28N4O2/c1-14(24)12-19(2,3)13-22-18(25)21-11-10-20-17-9-8-15-6-4-5-7-16(15)23-17/h4-9,14,24H,10-13H2,1-3H3,(H,20,23)(H2,21,22,25). The highest BCUT2D eigenvalue weighted by Gasteiger charge is 2.20. The highest BCUT2D eigenvalue weighted by atomic mass is 16.3. The molecule has 0 aliphatic rings. The van der Waals surface area contributed by atoms with Gasteiger partial charge in [0.05, 0.1) is 11.6 Å². The molecule has 0 fully saturated rings. The van der Waals surface area contributed by atoms with Crippen molar-refractivity contribution in [1.29, 1.82) is 0 Å². The summed E-state index contributed by atoms with van der Waals surface area (Å²) >= 11 is 0. The number of nitrogens with zero attached hydrogens (tertiary/aromatic N) is 1. The summed E-state index contributed by atoms with van der Waals surface area (Å²) in [5.74, 6) is 0.791. The molecule has 0 aliphatic carbocycles. The van der Waals surface area contributed by atoms with Gasteiger partial charge in [-0.25, -0.2) is 9.78 Å². The van der Waals surface area contributed by atoms with Gasteiger partial charge in [0.1, 0.15) is 5.82 Å². The number of carbonyl (C=O) groups excluding carboxylic acids is 1. The lowest BCUT2D eigenvalue weighted by atomic mass is 9.87. The van der Waals surface area contributed by atoms with Crippen LogP contribution in [0.2, 0.25) is 0 Å². The molecule has 0 saturated carbocycles. The first-order valence-corrected chi connectivity index (χ1v) is 8.65. The largest absolute Gasteiger partial charge is 0.393 e. The van der Waals surface area contributed by atoms with Crippen molar-refractivity contribution in [2.75, 3.05) is 25.0 Å². The fraction of sp³-hybridized carbons (Fsp3) is 0.474. The molecule has 1 aromatic heterocycles. The Kier molecular flexibility index (Phi) is 6.58. The Labute approximate surface area is 149 Å². The van der Waals surface area contributed by atoms with E-state index in [4.69, 9.17) is 0 Å². The van der Waals surface area contributed by atoms with Crippen LogP contribution in [0, 0.1) is 5.41 Å². The summed E-state index contributed by atoms with van der Waals surface area (Å²) < 4.78 is 0. The summed E-state index contributed by atoms with van der Waals surface area (Å²) in [4.78, 5) is 16.4. The van der Waals surface area contributed by atoms with E-state index in [-0.39, 0.29) is 17.6 Å². The summed E-state index contributed by atoms with van der Waals surface area (Å²) in [6, 6.07) is 11.7. The number of pyridine rings is 1. The fourth-order valence-corrected chi connectivity index (χ4v) is 2.79. The minimum atomic E-state index is -0.376. The van der Waals surface area contributed by atoms with Gasteiger partial charge in [-0.15, -0.1) is 0 Å². The Morgan fingerprint density at radius 3 is 2.68 bits per heavy atom. The maximum atomic E-state index is 11.8. The number of aliphatic hydroxyl groups is 1. The summed E-state index contributed by atoms with van der Waals surface area (Å²) in [6.45, 7) is 7.41. The first kappa shape index (κ1) is 19.0. The Morgan fingerprint density at radius 1 is 1.16 bits per heavy atom. The molecule has 6 heteroatoms. The van der Waals surface area contributed by atoms with Gasteiger partial charge in [-0.2, -0.15) is 0 Å². The van der Waals surface area contributed by atoms with Gasteiger partial charge < -0.3 is 21.1 Å². The summed E-state index contributed by atoms with van der Waals surface area (Å²) in [6.07, 6.45) is 0.265. The third-order valence-corrected chi connectivity index (χ3v) is 3.89. The monoisotopic (exact) mass is 344 g/mol. The lowest BCUT2D eigenvalue weighted by molar-refractivity contribution is 0.129. The Hall–Kier alpha value is -2.34. The van der Waals surface area contributed by atoms with Crippen LogP contribution < -0.4 is 16.0 Å². The van der Waals surface area contributed by atoms with E-state index < -0.39 is 0 Å². The van der Waals surface area contributed by atoms with Crippen LogP contribution in [-0.4, -0.2) is 41.9 Å². The molecule has 25 heavy (non-hydrogen) atoms. The second-order valence-electron chi connectivity index (χ2n) is 7.14. The fourth-order valence-electron chi connectivity index (χ4n) is 2.79. The highest BCUT2D eigenvalue weighted by molar-refractivity contribution is 5.80. The van der Waals surface area contributed by atoms with E-state index in [1.807, 2.05) is 50.2 Å². The molecule has 136 valence electrons. The number of anilines is 1. The quantitative estimate of drug-likeness (QED) is 0.555. The molecule has 4 N–H and O–H groups in total. The average Bonchev–Trinajstić information content (AvgIpc) is 2.56. The van der Waals surface area contributed by atoms with Crippen molar-refractivity contribution >= 4 is 22.8 Å². The van der Waals surface area contributed by atoms with E-state index in [9.17, 15) is 9.90 Å². The molecular formula is C19H28N4O2. The molecule has 2 rings (SSSR count). The Balaban J connectivity index is 1.68. The molecule has 0 spiro atoms. The second kappa shape index (κ2) is 8.67. The second-order valence-corrected chi connectivity index (χ2v) is 7.14. The summed E-state index contributed by atoms with van der Waals surface area (Å²) in [7, 11) is 0. The van der Waals surface area contributed by atoms with Crippen molar-refractivity contribution in [3.05, 3.63) is 36.4 Å². The van der Waals surface area contributed by atoms with Gasteiger partial charge in [-0.05, 0) is 37.0 Å². The van der Waals surface area contributed by atoms with Gasteiger partial charge in [-0.3, -0.25) is 0 Å². The van der Waals surface area contributed by atoms with Crippen molar-refractivity contribution in [3.8, 4) is 0 Å². The minimum absolute atomic E-state index is 0.140. The van der Waals surface area contributed by atoms with Crippen molar-refractivity contribution < 1.29 is 9.90 Å². The number of urea groups is 1. The number of aromatic nitrogens is 1. The molecule has 2 aromatic rings. The van der Waals surface area contributed by atoms with Crippen LogP contribution in [-0.2, 0) is 0 Å². The lowest BCUT2D eigenvalue weighted by Crippen LogP contribution is -2.42. The number of amides is 2. The number of hydrogen-bond acceptors (Lipinski definition) is 4. The molecule has 0 aliphatic heterocycles. The predicted molar refractivity (Wildman–Crippen MR) is 102 cm³/mol. The van der Waals surface area contributed by atoms with Gasteiger partial charge in [0, 0.05) is 25.0 Å². The number of rotatable bonds is 8. The maximum absolute atomic E-state index is 11.8. The Bertz CT molecular complexity index is 701. The third kappa shape index (κ3) is 6.58. The van der Waals surface area contributed by atoms with Crippen molar-refractivity contribution in [3.63, 3.8) is 0 Å². The first-order chi connectivity index (χ1) is 11.9. The van der Waals surface area contributed by atoms with E-state index >= 15 is 0 Å². The van der Waals surface area contributed by atoms with Crippen LogP contribution in [0.3, 0.4) is 0 Å². The topological polar surface area (TPSA) is 86.3 Å². The van der Waals surface area contributed by atoms with Crippen LogP contribution >= 0.6 is 0 Å². The third-order valence-electron chi connectivity index (χ3n) is 3.89. The van der Waals surface area contributed by atoms with Gasteiger partial charge in [0.15, 0.2) is 0 Å². The zero-order valence-corrected chi connectivity index (χ0v) is 15.2. The number of carbonyl (C=O) groups is 1. The minimum Gasteiger partial charge on any atom is -0.393 e. The average molecular weight is 344 g/mol. The SMILES string of the molecule is CC(O)CC(C)(C)CNC(=O)NCCNc1ccc2ccccc2n1.